The van der Waals surface area contributed by atoms with Crippen molar-refractivity contribution in [1.82, 2.24) is 8.80 Å². The zero-order valence-corrected chi connectivity index (χ0v) is 42.2. The molecule has 6 aromatic heterocycles. The lowest BCUT2D eigenvalue weighted by Crippen LogP contribution is -2.13. The Balaban J connectivity index is 0.872. The van der Waals surface area contributed by atoms with Gasteiger partial charge in [-0.05, 0) is 123 Å². The van der Waals surface area contributed by atoms with Gasteiger partial charge >= 0.3 is 0 Å². The Morgan fingerprint density at radius 2 is 0.671 bits per heavy atom. The van der Waals surface area contributed by atoms with Crippen molar-refractivity contribution in [2.75, 3.05) is 9.80 Å². The van der Waals surface area contributed by atoms with Crippen molar-refractivity contribution >= 4 is 154 Å². The molecule has 0 bridgehead atoms. The first-order chi connectivity index (χ1) is 37.4. The summed E-state index contributed by atoms with van der Waals surface area (Å²) in [7, 11) is 0. The lowest BCUT2D eigenvalue weighted by Gasteiger charge is -2.28. The van der Waals surface area contributed by atoms with Crippen LogP contribution in [-0.2, 0) is 0 Å². The van der Waals surface area contributed by atoms with Crippen LogP contribution in [0, 0.1) is 27.7 Å². The number of benzene rings is 11. The third-order valence-corrected chi connectivity index (χ3v) is 16.8. The van der Waals surface area contributed by atoms with Crippen LogP contribution in [0.15, 0.2) is 215 Å². The Bertz CT molecular complexity index is 4980. The van der Waals surface area contributed by atoms with E-state index < -0.39 is 0 Å². The van der Waals surface area contributed by atoms with Crippen LogP contribution in [0.1, 0.15) is 22.3 Å². The van der Waals surface area contributed by atoms with Gasteiger partial charge in [0.1, 0.15) is 11.2 Å². The molecular formula is C70H46N4O2. The average molecular weight is 975 g/mol. The predicted octanol–water partition coefficient (Wildman–Crippen LogP) is 20.0. The van der Waals surface area contributed by atoms with Gasteiger partial charge in [0.2, 0.25) is 0 Å². The van der Waals surface area contributed by atoms with Gasteiger partial charge < -0.3 is 27.4 Å². The van der Waals surface area contributed by atoms with Crippen molar-refractivity contribution in [2.24, 2.45) is 0 Å². The summed E-state index contributed by atoms with van der Waals surface area (Å²) in [6, 6.07) is 75.7. The molecule has 0 unspecified atom stereocenters. The van der Waals surface area contributed by atoms with Crippen molar-refractivity contribution in [2.45, 2.75) is 27.7 Å². The Kier molecular flexibility index (Phi) is 8.19. The van der Waals surface area contributed by atoms with Gasteiger partial charge in [-0.15, -0.1) is 0 Å². The Hall–Kier alpha value is -9.78. The maximum absolute atomic E-state index is 6.78. The molecule has 0 fully saturated rings. The molecule has 0 spiro atoms. The average Bonchev–Trinajstić information content (AvgIpc) is 4.49. The first-order valence-electron chi connectivity index (χ1n) is 26.2. The summed E-state index contributed by atoms with van der Waals surface area (Å²) < 4.78 is 18.6. The molecule has 0 saturated heterocycles. The molecule has 17 rings (SSSR count). The molecule has 6 heteroatoms. The van der Waals surface area contributed by atoms with Crippen molar-refractivity contribution in [3.05, 3.63) is 229 Å². The smallest absolute Gasteiger partial charge is 0.159 e. The van der Waals surface area contributed by atoms with Crippen LogP contribution in [0.3, 0.4) is 0 Å². The Labute approximate surface area is 435 Å². The lowest BCUT2D eigenvalue weighted by molar-refractivity contribution is 0.668. The molecule has 0 atom stereocenters. The van der Waals surface area contributed by atoms with Gasteiger partial charge in [-0.3, -0.25) is 0 Å². The first kappa shape index (κ1) is 41.7. The highest BCUT2D eigenvalue weighted by molar-refractivity contribution is 6.29. The van der Waals surface area contributed by atoms with Gasteiger partial charge in [0, 0.05) is 87.4 Å². The molecule has 0 aliphatic heterocycles. The van der Waals surface area contributed by atoms with Gasteiger partial charge in [0.15, 0.2) is 11.2 Å². The molecule has 0 saturated carbocycles. The SMILES string of the molecule is Cc1ccccc1N(c1ccc2c(c1)c1cccc3c4cc5c(cc4n2c13)c1cccc2c3cc(N(c4ccccc4C)c4c(C)ccc6c4oc4ccccc46)ccc3n5c21)c1c(C)ccc2c1oc1ccccc12. The predicted molar refractivity (Wildman–Crippen MR) is 319 cm³/mol. The summed E-state index contributed by atoms with van der Waals surface area (Å²) in [5.74, 6) is 0. The summed E-state index contributed by atoms with van der Waals surface area (Å²) in [6.45, 7) is 8.79. The standard InChI is InChI=1S/C70H46N4O2/c1-39-15-5-9-23-57(39)71(65-41(3)27-31-51-45-17-7-11-25-63(45)75-69(51)65)43-29-33-59-53(35-43)47-19-13-21-49-55-38-62-56(37-61(55)73(59)67(47)49)50-22-14-20-48-54-36-44(30-34-60(54)74(62)68(48)50)72(58-24-10-6-16-40(58)2)66-42(4)28-32-52-46-18-8-12-26-64(46)76-70(52)66/h5-38H,1-4H3. The number of anilines is 6. The summed E-state index contributed by atoms with van der Waals surface area (Å²) >= 11 is 0. The van der Waals surface area contributed by atoms with Gasteiger partial charge in [0.25, 0.3) is 0 Å². The quantitative estimate of drug-likeness (QED) is 0.166. The van der Waals surface area contributed by atoms with E-state index in [4.69, 9.17) is 8.83 Å². The molecule has 17 aromatic rings. The highest BCUT2D eigenvalue weighted by atomic mass is 16.3. The van der Waals surface area contributed by atoms with Crippen LogP contribution in [-0.4, -0.2) is 8.80 Å². The minimum absolute atomic E-state index is 0.892. The molecule has 11 aromatic carbocycles. The number of aryl methyl sites for hydroxylation is 4. The van der Waals surface area contributed by atoms with Gasteiger partial charge in [0.05, 0.1) is 44.5 Å². The Morgan fingerprint density at radius 3 is 1.11 bits per heavy atom. The fourth-order valence-corrected chi connectivity index (χ4v) is 13.4. The zero-order chi connectivity index (χ0) is 50.2. The second-order valence-corrected chi connectivity index (χ2v) is 21.0. The molecule has 0 N–H and O–H groups in total. The number of furan rings is 2. The maximum atomic E-state index is 6.78. The van der Waals surface area contributed by atoms with Crippen LogP contribution in [0.5, 0.6) is 0 Å². The Morgan fingerprint density at radius 1 is 0.289 bits per heavy atom. The summed E-state index contributed by atoms with van der Waals surface area (Å²) in [5.41, 5.74) is 22.1. The van der Waals surface area contributed by atoms with E-state index in [1.165, 1.54) is 87.3 Å². The van der Waals surface area contributed by atoms with Crippen molar-refractivity contribution in [3.63, 3.8) is 0 Å². The van der Waals surface area contributed by atoms with E-state index in [0.29, 0.717) is 0 Å². The number of nitrogens with zero attached hydrogens (tertiary/aromatic N) is 4. The maximum Gasteiger partial charge on any atom is 0.159 e. The van der Waals surface area contributed by atoms with Crippen LogP contribution >= 0.6 is 0 Å². The topological polar surface area (TPSA) is 41.6 Å². The zero-order valence-electron chi connectivity index (χ0n) is 42.2. The number of aromatic nitrogens is 2. The number of hydrogen-bond acceptors (Lipinski definition) is 4. The number of para-hydroxylation sites is 6. The monoisotopic (exact) mass is 974 g/mol. The minimum atomic E-state index is 0.892. The van der Waals surface area contributed by atoms with E-state index in [1.807, 2.05) is 12.1 Å². The van der Waals surface area contributed by atoms with Crippen LogP contribution < -0.4 is 9.80 Å². The van der Waals surface area contributed by atoms with Crippen molar-refractivity contribution in [1.29, 1.82) is 0 Å². The number of rotatable bonds is 6. The summed E-state index contributed by atoms with van der Waals surface area (Å²) in [4.78, 5) is 4.83. The fourth-order valence-electron chi connectivity index (χ4n) is 13.4. The summed E-state index contributed by atoms with van der Waals surface area (Å²) in [6.07, 6.45) is 0. The number of fused-ring (bicyclic) bond motifs is 18. The third-order valence-electron chi connectivity index (χ3n) is 16.8. The second kappa shape index (κ2) is 14.9. The molecule has 6 heterocycles. The van der Waals surface area contributed by atoms with Crippen molar-refractivity contribution < 1.29 is 8.83 Å². The highest BCUT2D eigenvalue weighted by Crippen LogP contribution is 2.51. The largest absolute Gasteiger partial charge is 0.454 e. The molecule has 358 valence electrons. The van der Waals surface area contributed by atoms with Crippen molar-refractivity contribution in [3.8, 4) is 0 Å². The van der Waals surface area contributed by atoms with E-state index >= 15 is 0 Å². The van der Waals surface area contributed by atoms with Gasteiger partial charge in [-0.1, -0.05) is 133 Å². The van der Waals surface area contributed by atoms with Gasteiger partial charge in [-0.25, -0.2) is 0 Å². The van der Waals surface area contributed by atoms with Gasteiger partial charge in [-0.2, -0.15) is 0 Å². The molecule has 76 heavy (non-hydrogen) atoms. The molecule has 0 radical (unpaired) electrons. The fraction of sp³-hybridized carbons (Fsp3) is 0.0571. The van der Waals surface area contributed by atoms with E-state index in [1.54, 1.807) is 0 Å². The summed E-state index contributed by atoms with van der Waals surface area (Å²) in [5, 5.41) is 14.4. The molecule has 0 aliphatic carbocycles. The molecule has 0 amide bonds. The van der Waals surface area contributed by atoms with E-state index in [0.717, 1.165) is 89.1 Å². The molecule has 6 nitrogen and oxygen atoms in total. The first-order valence-corrected chi connectivity index (χ1v) is 26.2. The highest BCUT2D eigenvalue weighted by Gasteiger charge is 2.28. The van der Waals surface area contributed by atoms with E-state index in [2.05, 4.69) is 240 Å². The van der Waals surface area contributed by atoms with Crippen LogP contribution in [0.2, 0.25) is 0 Å². The van der Waals surface area contributed by atoms with E-state index in [-0.39, 0.29) is 0 Å². The molecule has 0 aliphatic rings. The third kappa shape index (κ3) is 5.39. The normalized spacial score (nSPS) is 12.5. The number of hydrogen-bond donors (Lipinski definition) is 0. The lowest BCUT2D eigenvalue weighted by atomic mass is 10.0. The second-order valence-electron chi connectivity index (χ2n) is 21.0. The minimum Gasteiger partial charge on any atom is -0.454 e. The molecular weight excluding hydrogens is 929 g/mol. The van der Waals surface area contributed by atoms with Crippen LogP contribution in [0.4, 0.5) is 34.1 Å². The van der Waals surface area contributed by atoms with Crippen LogP contribution in [0.25, 0.3) is 120 Å². The van der Waals surface area contributed by atoms with E-state index in [9.17, 15) is 0 Å².